The van der Waals surface area contributed by atoms with E-state index >= 15 is 0 Å². The van der Waals surface area contributed by atoms with Crippen LogP contribution in [-0.4, -0.2) is 6.54 Å². The van der Waals surface area contributed by atoms with Crippen molar-refractivity contribution in [3.8, 4) is 0 Å². The summed E-state index contributed by atoms with van der Waals surface area (Å²) in [6.07, 6.45) is 1.01. The van der Waals surface area contributed by atoms with E-state index in [4.69, 9.17) is 5.73 Å². The summed E-state index contributed by atoms with van der Waals surface area (Å²) in [5.41, 5.74) is 13.3. The fraction of sp³-hybridized carbons (Fsp3) is 0.294. The summed E-state index contributed by atoms with van der Waals surface area (Å²) in [6.45, 7) is 7.40. The zero-order chi connectivity index (χ0) is 14.7. The summed E-state index contributed by atoms with van der Waals surface area (Å²) < 4.78 is 1.01. The van der Waals surface area contributed by atoms with E-state index in [1.165, 1.54) is 22.3 Å². The molecule has 2 aromatic carbocycles. The lowest BCUT2D eigenvalue weighted by Gasteiger charge is -2.13. The van der Waals surface area contributed by atoms with Crippen molar-refractivity contribution in [2.24, 2.45) is 0 Å². The predicted octanol–water partition coefficient (Wildman–Crippen LogP) is 4.61. The summed E-state index contributed by atoms with van der Waals surface area (Å²) in [5, 5.41) is 3.41. The van der Waals surface area contributed by atoms with Crippen LogP contribution in [-0.2, 0) is 6.42 Å². The maximum absolute atomic E-state index is 5.99. The molecule has 0 aliphatic heterocycles. The normalized spacial score (nSPS) is 10.6. The Morgan fingerprint density at radius 3 is 2.30 bits per heavy atom. The lowest BCUT2D eigenvalue weighted by molar-refractivity contribution is 0.987. The summed E-state index contributed by atoms with van der Waals surface area (Å²) in [6, 6.07) is 10.4. The Balaban J connectivity index is 2.03. The monoisotopic (exact) mass is 332 g/mol. The Bertz CT molecular complexity index is 597. The third kappa shape index (κ3) is 3.54. The molecule has 0 fully saturated rings. The topological polar surface area (TPSA) is 38.0 Å². The number of halogens is 1. The smallest absolute Gasteiger partial charge is 0.0574 e. The van der Waals surface area contributed by atoms with Crippen molar-refractivity contribution in [2.75, 3.05) is 17.6 Å². The van der Waals surface area contributed by atoms with Gasteiger partial charge in [0.15, 0.2) is 0 Å². The molecule has 0 amide bonds. The molecule has 0 spiro atoms. The van der Waals surface area contributed by atoms with Crippen LogP contribution >= 0.6 is 15.9 Å². The van der Waals surface area contributed by atoms with Crippen LogP contribution in [0.3, 0.4) is 0 Å². The predicted molar refractivity (Wildman–Crippen MR) is 91.4 cm³/mol. The Labute approximate surface area is 129 Å². The third-order valence-corrected chi connectivity index (χ3v) is 4.04. The number of aryl methyl sites for hydroxylation is 3. The van der Waals surface area contributed by atoms with Gasteiger partial charge in [0, 0.05) is 11.0 Å². The maximum atomic E-state index is 5.99. The molecule has 0 bridgehead atoms. The van der Waals surface area contributed by atoms with Crippen molar-refractivity contribution in [1.82, 2.24) is 0 Å². The Morgan fingerprint density at radius 2 is 1.70 bits per heavy atom. The first-order chi connectivity index (χ1) is 9.47. The van der Waals surface area contributed by atoms with Crippen LogP contribution in [0.5, 0.6) is 0 Å². The van der Waals surface area contributed by atoms with Crippen LogP contribution in [0.15, 0.2) is 34.8 Å². The van der Waals surface area contributed by atoms with Crippen LogP contribution in [0, 0.1) is 20.8 Å². The van der Waals surface area contributed by atoms with Gasteiger partial charge in [0.05, 0.1) is 11.4 Å². The molecule has 0 aliphatic rings. The van der Waals surface area contributed by atoms with Gasteiger partial charge >= 0.3 is 0 Å². The van der Waals surface area contributed by atoms with Gasteiger partial charge in [0.25, 0.3) is 0 Å². The molecule has 106 valence electrons. The highest BCUT2D eigenvalue weighted by Gasteiger charge is 2.04. The second-order valence-electron chi connectivity index (χ2n) is 5.29. The molecule has 0 aliphatic carbocycles. The fourth-order valence-corrected chi connectivity index (χ4v) is 3.00. The molecule has 0 aromatic heterocycles. The van der Waals surface area contributed by atoms with Crippen LogP contribution in [0.4, 0.5) is 11.4 Å². The number of rotatable bonds is 4. The molecule has 2 aromatic rings. The van der Waals surface area contributed by atoms with Crippen LogP contribution in [0.25, 0.3) is 0 Å². The van der Waals surface area contributed by atoms with E-state index in [2.05, 4.69) is 54.2 Å². The number of benzene rings is 2. The molecule has 2 rings (SSSR count). The van der Waals surface area contributed by atoms with Gasteiger partial charge in [-0.2, -0.15) is 0 Å². The average Bonchev–Trinajstić information content (AvgIpc) is 2.34. The molecule has 0 saturated carbocycles. The SMILES string of the molecule is Cc1cc(C)c(CCNc2ccc(Br)cc2N)c(C)c1. The summed E-state index contributed by atoms with van der Waals surface area (Å²) >= 11 is 3.42. The van der Waals surface area contributed by atoms with Crippen molar-refractivity contribution in [3.05, 3.63) is 57.1 Å². The first-order valence-electron chi connectivity index (χ1n) is 6.83. The van der Waals surface area contributed by atoms with E-state index in [0.717, 1.165) is 28.8 Å². The summed E-state index contributed by atoms with van der Waals surface area (Å²) in [4.78, 5) is 0. The largest absolute Gasteiger partial charge is 0.397 e. The maximum Gasteiger partial charge on any atom is 0.0574 e. The molecule has 0 radical (unpaired) electrons. The minimum Gasteiger partial charge on any atom is -0.397 e. The van der Waals surface area contributed by atoms with E-state index in [9.17, 15) is 0 Å². The van der Waals surface area contributed by atoms with Gasteiger partial charge in [-0.3, -0.25) is 0 Å². The lowest BCUT2D eigenvalue weighted by atomic mass is 9.97. The van der Waals surface area contributed by atoms with Gasteiger partial charge in [-0.05, 0) is 62.1 Å². The summed E-state index contributed by atoms with van der Waals surface area (Å²) in [5.74, 6) is 0. The number of nitrogen functional groups attached to an aromatic ring is 1. The van der Waals surface area contributed by atoms with Crippen molar-refractivity contribution < 1.29 is 0 Å². The molecular weight excluding hydrogens is 312 g/mol. The van der Waals surface area contributed by atoms with Crippen molar-refractivity contribution in [1.29, 1.82) is 0 Å². The number of hydrogen-bond acceptors (Lipinski definition) is 2. The second-order valence-corrected chi connectivity index (χ2v) is 6.20. The highest BCUT2D eigenvalue weighted by molar-refractivity contribution is 9.10. The minimum atomic E-state index is 0.775. The van der Waals surface area contributed by atoms with Gasteiger partial charge in [-0.1, -0.05) is 33.6 Å². The Morgan fingerprint density at radius 1 is 1.05 bits per heavy atom. The molecule has 0 atom stereocenters. The quantitative estimate of drug-likeness (QED) is 0.802. The highest BCUT2D eigenvalue weighted by atomic mass is 79.9. The number of anilines is 2. The molecule has 20 heavy (non-hydrogen) atoms. The number of nitrogens with one attached hydrogen (secondary N) is 1. The van der Waals surface area contributed by atoms with E-state index in [1.807, 2.05) is 18.2 Å². The molecule has 0 heterocycles. The Kier molecular flexibility index (Phi) is 4.71. The van der Waals surface area contributed by atoms with E-state index in [-0.39, 0.29) is 0 Å². The van der Waals surface area contributed by atoms with Crippen molar-refractivity contribution in [3.63, 3.8) is 0 Å². The zero-order valence-electron chi connectivity index (χ0n) is 12.3. The molecule has 0 unspecified atom stereocenters. The third-order valence-electron chi connectivity index (χ3n) is 3.54. The Hall–Kier alpha value is -1.48. The van der Waals surface area contributed by atoms with Gasteiger partial charge in [-0.15, -0.1) is 0 Å². The molecular formula is C17H21BrN2. The number of hydrogen-bond donors (Lipinski definition) is 2. The van der Waals surface area contributed by atoms with Gasteiger partial charge in [0.1, 0.15) is 0 Å². The highest BCUT2D eigenvalue weighted by Crippen LogP contribution is 2.23. The number of nitrogens with two attached hydrogens (primary N) is 1. The molecule has 0 saturated heterocycles. The van der Waals surface area contributed by atoms with E-state index in [0.29, 0.717) is 0 Å². The van der Waals surface area contributed by atoms with Crippen LogP contribution in [0.1, 0.15) is 22.3 Å². The van der Waals surface area contributed by atoms with E-state index < -0.39 is 0 Å². The zero-order valence-corrected chi connectivity index (χ0v) is 13.8. The minimum absolute atomic E-state index is 0.775. The van der Waals surface area contributed by atoms with Crippen LogP contribution in [0.2, 0.25) is 0 Å². The van der Waals surface area contributed by atoms with E-state index in [1.54, 1.807) is 0 Å². The molecule has 3 N–H and O–H groups in total. The van der Waals surface area contributed by atoms with Crippen LogP contribution < -0.4 is 11.1 Å². The van der Waals surface area contributed by atoms with Crippen molar-refractivity contribution in [2.45, 2.75) is 27.2 Å². The first kappa shape index (κ1) is 14.9. The van der Waals surface area contributed by atoms with Crippen molar-refractivity contribution >= 4 is 27.3 Å². The average molecular weight is 333 g/mol. The van der Waals surface area contributed by atoms with Gasteiger partial charge < -0.3 is 11.1 Å². The molecule has 3 heteroatoms. The second kappa shape index (κ2) is 6.31. The van der Waals surface area contributed by atoms with Gasteiger partial charge in [0.2, 0.25) is 0 Å². The summed E-state index contributed by atoms with van der Waals surface area (Å²) in [7, 11) is 0. The van der Waals surface area contributed by atoms with Gasteiger partial charge in [-0.25, -0.2) is 0 Å². The fourth-order valence-electron chi connectivity index (χ4n) is 2.62. The first-order valence-corrected chi connectivity index (χ1v) is 7.62. The molecule has 2 nitrogen and oxygen atoms in total. The lowest BCUT2D eigenvalue weighted by Crippen LogP contribution is -2.09. The standard InChI is InChI=1S/C17H21BrN2/c1-11-8-12(2)15(13(3)9-11)6-7-20-17-5-4-14(18)10-16(17)19/h4-5,8-10,20H,6-7,19H2,1-3H3.